The van der Waals surface area contributed by atoms with Crippen LogP contribution >= 0.6 is 0 Å². The first-order chi connectivity index (χ1) is 8.44. The van der Waals surface area contributed by atoms with Crippen molar-refractivity contribution < 1.29 is 13.2 Å². The van der Waals surface area contributed by atoms with Crippen molar-refractivity contribution >= 4 is 15.9 Å². The number of carbonyl (C=O) groups is 1. The van der Waals surface area contributed by atoms with Crippen LogP contribution in [0.15, 0.2) is 0 Å². The number of sulfonamides is 1. The van der Waals surface area contributed by atoms with E-state index >= 15 is 0 Å². The molecule has 6 nitrogen and oxygen atoms in total. The average molecular weight is 277 g/mol. The van der Waals surface area contributed by atoms with Gasteiger partial charge in [-0.1, -0.05) is 0 Å². The van der Waals surface area contributed by atoms with E-state index in [1.54, 1.807) is 6.92 Å². The van der Waals surface area contributed by atoms with Crippen LogP contribution in [0.4, 0.5) is 0 Å². The van der Waals surface area contributed by atoms with Gasteiger partial charge in [0.05, 0.1) is 5.75 Å². The second kappa shape index (κ2) is 7.06. The number of amides is 1. The molecule has 0 aromatic rings. The standard InChI is InChI=1S/C11H23N3O3S/c1-2-18(16,17)14-7-3-6-13-11(15)9-4-5-10(12)8-9/h9-10,14H,2-8,12H2,1H3,(H,13,15). The topological polar surface area (TPSA) is 101 Å². The predicted octanol–water partition coefficient (Wildman–Crippen LogP) is -0.441. The van der Waals surface area contributed by atoms with Crippen molar-refractivity contribution in [3.8, 4) is 0 Å². The van der Waals surface area contributed by atoms with Gasteiger partial charge in [-0.05, 0) is 32.6 Å². The number of nitrogens with two attached hydrogens (primary N) is 1. The van der Waals surface area contributed by atoms with Crippen molar-refractivity contribution in [2.75, 3.05) is 18.8 Å². The van der Waals surface area contributed by atoms with Gasteiger partial charge in [-0.25, -0.2) is 13.1 Å². The summed E-state index contributed by atoms with van der Waals surface area (Å²) in [6, 6.07) is 0.150. The smallest absolute Gasteiger partial charge is 0.223 e. The zero-order valence-corrected chi connectivity index (χ0v) is 11.6. The maximum absolute atomic E-state index is 11.7. The zero-order chi connectivity index (χ0) is 13.6. The van der Waals surface area contributed by atoms with Crippen molar-refractivity contribution in [3.63, 3.8) is 0 Å². The molecule has 0 aromatic carbocycles. The molecule has 0 spiro atoms. The van der Waals surface area contributed by atoms with E-state index in [0.717, 1.165) is 19.3 Å². The fourth-order valence-corrected chi connectivity index (χ4v) is 2.69. The van der Waals surface area contributed by atoms with Gasteiger partial charge in [-0.2, -0.15) is 0 Å². The molecule has 4 N–H and O–H groups in total. The fraction of sp³-hybridized carbons (Fsp3) is 0.909. The third-order valence-corrected chi connectivity index (χ3v) is 4.60. The quantitative estimate of drug-likeness (QED) is 0.549. The lowest BCUT2D eigenvalue weighted by Crippen LogP contribution is -2.33. The van der Waals surface area contributed by atoms with E-state index in [9.17, 15) is 13.2 Å². The Labute approximate surface area is 109 Å². The summed E-state index contributed by atoms with van der Waals surface area (Å²) < 4.78 is 24.7. The largest absolute Gasteiger partial charge is 0.356 e. The number of nitrogens with one attached hydrogen (secondary N) is 2. The monoisotopic (exact) mass is 277 g/mol. The summed E-state index contributed by atoms with van der Waals surface area (Å²) in [6.07, 6.45) is 3.13. The predicted molar refractivity (Wildman–Crippen MR) is 70.4 cm³/mol. The van der Waals surface area contributed by atoms with E-state index in [1.165, 1.54) is 0 Å². The maximum atomic E-state index is 11.7. The van der Waals surface area contributed by atoms with Crippen molar-refractivity contribution in [3.05, 3.63) is 0 Å². The van der Waals surface area contributed by atoms with Gasteiger partial charge >= 0.3 is 0 Å². The number of hydrogen-bond donors (Lipinski definition) is 3. The van der Waals surface area contributed by atoms with Crippen LogP contribution < -0.4 is 15.8 Å². The van der Waals surface area contributed by atoms with Crippen LogP contribution in [0.1, 0.15) is 32.6 Å². The minimum Gasteiger partial charge on any atom is -0.356 e. The molecule has 1 aliphatic carbocycles. The van der Waals surface area contributed by atoms with E-state index < -0.39 is 10.0 Å². The Morgan fingerprint density at radius 1 is 1.33 bits per heavy atom. The Hall–Kier alpha value is -0.660. The van der Waals surface area contributed by atoms with Gasteiger partial charge in [0.1, 0.15) is 0 Å². The van der Waals surface area contributed by atoms with E-state index in [2.05, 4.69) is 10.0 Å². The van der Waals surface area contributed by atoms with Crippen LogP contribution in [0.3, 0.4) is 0 Å². The van der Waals surface area contributed by atoms with E-state index in [1.807, 2.05) is 0 Å². The molecule has 1 rings (SSSR count). The van der Waals surface area contributed by atoms with Crippen LogP contribution in [0.2, 0.25) is 0 Å². The van der Waals surface area contributed by atoms with Gasteiger partial charge in [0.2, 0.25) is 15.9 Å². The van der Waals surface area contributed by atoms with Crippen LogP contribution in [-0.4, -0.2) is 39.2 Å². The highest BCUT2D eigenvalue weighted by molar-refractivity contribution is 7.89. The number of hydrogen-bond acceptors (Lipinski definition) is 4. The summed E-state index contributed by atoms with van der Waals surface area (Å²) in [6.45, 7) is 2.45. The summed E-state index contributed by atoms with van der Waals surface area (Å²) in [7, 11) is -3.12. The van der Waals surface area contributed by atoms with Gasteiger partial charge in [-0.15, -0.1) is 0 Å². The number of carbonyl (C=O) groups excluding carboxylic acids is 1. The average Bonchev–Trinajstić information content (AvgIpc) is 2.75. The summed E-state index contributed by atoms with van der Waals surface area (Å²) >= 11 is 0. The highest BCUT2D eigenvalue weighted by Gasteiger charge is 2.27. The highest BCUT2D eigenvalue weighted by Crippen LogP contribution is 2.23. The lowest BCUT2D eigenvalue weighted by Gasteiger charge is -2.10. The van der Waals surface area contributed by atoms with Crippen molar-refractivity contribution in [1.82, 2.24) is 10.0 Å². The third-order valence-electron chi connectivity index (χ3n) is 3.20. The molecule has 0 heterocycles. The van der Waals surface area contributed by atoms with E-state index in [0.29, 0.717) is 19.5 Å². The minimum absolute atomic E-state index is 0.0346. The zero-order valence-electron chi connectivity index (χ0n) is 10.8. The Kier molecular flexibility index (Phi) is 6.04. The van der Waals surface area contributed by atoms with E-state index in [-0.39, 0.29) is 23.6 Å². The first-order valence-corrected chi connectivity index (χ1v) is 8.10. The van der Waals surface area contributed by atoms with Gasteiger partial charge in [-0.3, -0.25) is 4.79 Å². The SMILES string of the molecule is CCS(=O)(=O)NCCCNC(=O)C1CCC(N)C1. The van der Waals surface area contributed by atoms with Crippen LogP contribution in [0.5, 0.6) is 0 Å². The molecular formula is C11H23N3O3S. The van der Waals surface area contributed by atoms with Gasteiger partial charge in [0.15, 0.2) is 0 Å². The van der Waals surface area contributed by atoms with Crippen LogP contribution in [0, 0.1) is 5.92 Å². The fourth-order valence-electron chi connectivity index (χ4n) is 2.03. The van der Waals surface area contributed by atoms with Crippen molar-refractivity contribution in [2.45, 2.75) is 38.6 Å². The molecule has 106 valence electrons. The molecule has 1 saturated carbocycles. The summed E-state index contributed by atoms with van der Waals surface area (Å²) in [5.41, 5.74) is 5.75. The Balaban J connectivity index is 2.09. The molecule has 0 bridgehead atoms. The molecule has 18 heavy (non-hydrogen) atoms. The van der Waals surface area contributed by atoms with E-state index in [4.69, 9.17) is 5.73 Å². The van der Waals surface area contributed by atoms with Gasteiger partial charge in [0.25, 0.3) is 0 Å². The summed E-state index contributed by atoms with van der Waals surface area (Å²) in [5, 5.41) is 2.82. The molecule has 1 aliphatic rings. The van der Waals surface area contributed by atoms with Crippen molar-refractivity contribution in [1.29, 1.82) is 0 Å². The lowest BCUT2D eigenvalue weighted by atomic mass is 10.1. The molecule has 0 aromatic heterocycles. The molecular weight excluding hydrogens is 254 g/mol. The molecule has 0 saturated heterocycles. The Morgan fingerprint density at radius 3 is 2.61 bits per heavy atom. The third kappa shape index (κ3) is 5.32. The Bertz CT molecular complexity index is 370. The first kappa shape index (κ1) is 15.4. The van der Waals surface area contributed by atoms with Crippen molar-refractivity contribution in [2.24, 2.45) is 11.7 Å². The van der Waals surface area contributed by atoms with Crippen LogP contribution in [-0.2, 0) is 14.8 Å². The van der Waals surface area contributed by atoms with Gasteiger partial charge in [0, 0.05) is 25.0 Å². The molecule has 0 aliphatic heterocycles. The molecule has 2 atom stereocenters. The highest BCUT2D eigenvalue weighted by atomic mass is 32.2. The molecule has 0 radical (unpaired) electrons. The molecule has 1 amide bonds. The molecule has 7 heteroatoms. The summed E-state index contributed by atoms with van der Waals surface area (Å²) in [4.78, 5) is 11.7. The molecule has 2 unspecified atom stereocenters. The minimum atomic E-state index is -3.12. The normalized spacial score (nSPS) is 24.1. The second-order valence-corrected chi connectivity index (χ2v) is 6.81. The van der Waals surface area contributed by atoms with Gasteiger partial charge < -0.3 is 11.1 Å². The lowest BCUT2D eigenvalue weighted by molar-refractivity contribution is -0.124. The first-order valence-electron chi connectivity index (χ1n) is 6.45. The summed E-state index contributed by atoms with van der Waals surface area (Å²) in [5.74, 6) is 0.160. The Morgan fingerprint density at radius 2 is 2.06 bits per heavy atom. The second-order valence-electron chi connectivity index (χ2n) is 4.71. The molecule has 1 fully saturated rings. The number of rotatable bonds is 7. The maximum Gasteiger partial charge on any atom is 0.223 e. The van der Waals surface area contributed by atoms with Crippen LogP contribution in [0.25, 0.3) is 0 Å².